The number of carbonyl (C=O) groups excluding carboxylic acids is 1. The Labute approximate surface area is 92.5 Å². The van der Waals surface area contributed by atoms with Crippen LogP contribution >= 0.6 is 0 Å². The number of halogens is 2. The van der Waals surface area contributed by atoms with E-state index in [1.54, 1.807) is 6.92 Å². The summed E-state index contributed by atoms with van der Waals surface area (Å²) in [6.45, 7) is 2.93. The van der Waals surface area contributed by atoms with Gasteiger partial charge in [0.25, 0.3) is 6.43 Å². The van der Waals surface area contributed by atoms with Crippen molar-refractivity contribution >= 4 is 5.78 Å². The molecule has 0 amide bonds. The Morgan fingerprint density at radius 2 is 2.12 bits per heavy atom. The summed E-state index contributed by atoms with van der Waals surface area (Å²) in [5.41, 5.74) is 0.188. The minimum atomic E-state index is -2.73. The van der Waals surface area contributed by atoms with Crippen LogP contribution in [0.1, 0.15) is 47.3 Å². The van der Waals surface area contributed by atoms with Gasteiger partial charge in [-0.15, -0.1) is 0 Å². The summed E-state index contributed by atoms with van der Waals surface area (Å²) >= 11 is 0. The first kappa shape index (κ1) is 12.3. The Morgan fingerprint density at radius 3 is 2.50 bits per heavy atom. The summed E-state index contributed by atoms with van der Waals surface area (Å²) in [7, 11) is 0. The molecule has 4 heteroatoms. The summed E-state index contributed by atoms with van der Waals surface area (Å²) in [5, 5.41) is 8.81. The lowest BCUT2D eigenvalue weighted by molar-refractivity contribution is 0.0998. The van der Waals surface area contributed by atoms with Crippen molar-refractivity contribution in [3.63, 3.8) is 0 Å². The average molecular weight is 223 g/mol. The number of ketones is 1. The van der Waals surface area contributed by atoms with E-state index in [0.29, 0.717) is 6.42 Å². The van der Waals surface area contributed by atoms with Crippen LogP contribution in [-0.2, 0) is 6.42 Å². The highest BCUT2D eigenvalue weighted by molar-refractivity contribution is 5.96. The molecule has 0 saturated carbocycles. The van der Waals surface area contributed by atoms with Crippen molar-refractivity contribution in [2.45, 2.75) is 26.7 Å². The van der Waals surface area contributed by atoms with Crippen molar-refractivity contribution in [2.75, 3.05) is 0 Å². The number of carbonyl (C=O) groups is 1. The molecule has 0 atom stereocenters. The van der Waals surface area contributed by atoms with Gasteiger partial charge in [0.15, 0.2) is 5.78 Å². The van der Waals surface area contributed by atoms with Crippen LogP contribution in [0.4, 0.5) is 8.78 Å². The Bertz CT molecular complexity index is 461. The average Bonchev–Trinajstić information content (AvgIpc) is 2.26. The van der Waals surface area contributed by atoms with Gasteiger partial charge in [0, 0.05) is 11.1 Å². The highest BCUT2D eigenvalue weighted by atomic mass is 19.3. The third-order valence-corrected chi connectivity index (χ3v) is 2.43. The Hall–Kier alpha value is -1.76. The molecule has 0 aliphatic carbocycles. The minimum Gasteiger partial charge on any atom is -0.294 e. The molecule has 0 bridgehead atoms. The van der Waals surface area contributed by atoms with Crippen molar-refractivity contribution in [3.8, 4) is 6.07 Å². The Kier molecular flexibility index (Phi) is 3.73. The number of nitriles is 1. The lowest BCUT2D eigenvalue weighted by Crippen LogP contribution is -2.06. The van der Waals surface area contributed by atoms with Crippen LogP contribution in [0.3, 0.4) is 0 Å². The number of rotatable bonds is 3. The topological polar surface area (TPSA) is 40.9 Å². The predicted octanol–water partition coefficient (Wildman–Crippen LogP) is 3.26. The fourth-order valence-corrected chi connectivity index (χ4v) is 1.71. The minimum absolute atomic E-state index is 0.00542. The van der Waals surface area contributed by atoms with Gasteiger partial charge in [-0.1, -0.05) is 6.92 Å². The lowest BCUT2D eigenvalue weighted by atomic mass is 9.93. The number of nitrogens with zero attached hydrogens (tertiary/aromatic N) is 1. The summed E-state index contributed by atoms with van der Waals surface area (Å²) in [6.07, 6.45) is -2.42. The van der Waals surface area contributed by atoms with Crippen LogP contribution in [0.2, 0.25) is 0 Å². The van der Waals surface area contributed by atoms with Crippen molar-refractivity contribution in [1.82, 2.24) is 0 Å². The molecule has 0 N–H and O–H groups in total. The fourth-order valence-electron chi connectivity index (χ4n) is 1.71. The van der Waals surface area contributed by atoms with Crippen LogP contribution < -0.4 is 0 Å². The molecule has 0 aliphatic rings. The lowest BCUT2D eigenvalue weighted by Gasteiger charge is -2.12. The van der Waals surface area contributed by atoms with Gasteiger partial charge >= 0.3 is 0 Å². The number of alkyl halides is 2. The van der Waals surface area contributed by atoms with Crippen molar-refractivity contribution in [2.24, 2.45) is 0 Å². The first-order valence-electron chi connectivity index (χ1n) is 4.87. The summed E-state index contributed by atoms with van der Waals surface area (Å²) in [4.78, 5) is 11.2. The molecule has 1 aromatic carbocycles. The molecule has 0 saturated heterocycles. The first-order valence-corrected chi connectivity index (χ1v) is 4.87. The predicted molar refractivity (Wildman–Crippen MR) is 55.5 cm³/mol. The molecule has 0 spiro atoms. The highest BCUT2D eigenvalue weighted by Gasteiger charge is 2.21. The highest BCUT2D eigenvalue weighted by Crippen LogP contribution is 2.29. The van der Waals surface area contributed by atoms with E-state index in [1.165, 1.54) is 19.1 Å². The molecule has 0 unspecified atom stereocenters. The van der Waals surface area contributed by atoms with Gasteiger partial charge in [0.05, 0.1) is 11.6 Å². The molecule has 0 fully saturated rings. The molecule has 0 aromatic heterocycles. The normalized spacial score (nSPS) is 10.2. The second-order valence-electron chi connectivity index (χ2n) is 3.38. The summed E-state index contributed by atoms with van der Waals surface area (Å²) < 4.78 is 25.8. The smallest absolute Gasteiger partial charge is 0.264 e. The largest absolute Gasteiger partial charge is 0.294 e. The number of hydrogen-bond acceptors (Lipinski definition) is 2. The van der Waals surface area contributed by atoms with Gasteiger partial charge in [-0.2, -0.15) is 5.26 Å². The second-order valence-corrected chi connectivity index (χ2v) is 3.38. The van der Waals surface area contributed by atoms with E-state index in [-0.39, 0.29) is 22.3 Å². The van der Waals surface area contributed by atoms with E-state index in [9.17, 15) is 13.6 Å². The van der Waals surface area contributed by atoms with Crippen molar-refractivity contribution in [1.29, 1.82) is 5.26 Å². The molecule has 2 nitrogen and oxygen atoms in total. The van der Waals surface area contributed by atoms with Crippen molar-refractivity contribution < 1.29 is 13.6 Å². The van der Waals surface area contributed by atoms with Crippen LogP contribution in [0.5, 0.6) is 0 Å². The zero-order valence-corrected chi connectivity index (χ0v) is 9.05. The maximum Gasteiger partial charge on any atom is 0.264 e. The molecular weight excluding hydrogens is 212 g/mol. The fraction of sp³-hybridized carbons (Fsp3) is 0.333. The maximum atomic E-state index is 12.9. The number of hydrogen-bond donors (Lipinski definition) is 0. The number of benzene rings is 1. The molecule has 1 rings (SSSR count). The SMILES string of the molecule is CCc1c(C#N)ccc(C(C)=O)c1C(F)F. The molecule has 16 heavy (non-hydrogen) atoms. The third kappa shape index (κ3) is 2.08. The molecule has 1 aromatic rings. The Morgan fingerprint density at radius 1 is 1.50 bits per heavy atom. The van der Waals surface area contributed by atoms with Gasteiger partial charge < -0.3 is 0 Å². The molecule has 0 heterocycles. The van der Waals surface area contributed by atoms with Gasteiger partial charge in [-0.05, 0) is 31.0 Å². The number of Topliss-reactive ketones (excluding diaryl/α,β-unsaturated/α-hetero) is 1. The first-order chi connectivity index (χ1) is 7.52. The second kappa shape index (κ2) is 4.84. The van der Waals surface area contributed by atoms with E-state index in [1.807, 2.05) is 6.07 Å². The third-order valence-electron chi connectivity index (χ3n) is 2.43. The quantitative estimate of drug-likeness (QED) is 0.738. The van der Waals surface area contributed by atoms with E-state index < -0.39 is 12.2 Å². The zero-order valence-electron chi connectivity index (χ0n) is 9.05. The molecule has 84 valence electrons. The van der Waals surface area contributed by atoms with Gasteiger partial charge in [0.2, 0.25) is 0 Å². The van der Waals surface area contributed by atoms with E-state index in [0.717, 1.165) is 0 Å². The van der Waals surface area contributed by atoms with Crippen LogP contribution in [0.15, 0.2) is 12.1 Å². The van der Waals surface area contributed by atoms with Crippen LogP contribution in [-0.4, -0.2) is 5.78 Å². The molecule has 0 radical (unpaired) electrons. The van der Waals surface area contributed by atoms with Crippen LogP contribution in [0.25, 0.3) is 0 Å². The Balaban J connectivity index is 3.58. The monoisotopic (exact) mass is 223 g/mol. The maximum absolute atomic E-state index is 12.9. The summed E-state index contributed by atoms with van der Waals surface area (Å²) in [5.74, 6) is -0.408. The van der Waals surface area contributed by atoms with Gasteiger partial charge in [0.1, 0.15) is 0 Å². The molecule has 0 aliphatic heterocycles. The van der Waals surface area contributed by atoms with Gasteiger partial charge in [-0.3, -0.25) is 4.79 Å². The zero-order chi connectivity index (χ0) is 12.3. The molecular formula is C12H11F2NO. The van der Waals surface area contributed by atoms with E-state index >= 15 is 0 Å². The van der Waals surface area contributed by atoms with E-state index in [4.69, 9.17) is 5.26 Å². The standard InChI is InChI=1S/C12H11F2NO/c1-3-9-8(6-15)4-5-10(7(2)16)11(9)12(13)14/h4-5,12H,3H2,1-2H3. The van der Waals surface area contributed by atoms with Crippen LogP contribution in [0, 0.1) is 11.3 Å². The van der Waals surface area contributed by atoms with Crippen molar-refractivity contribution in [3.05, 3.63) is 34.4 Å². The summed E-state index contributed by atoms with van der Waals surface area (Å²) in [6, 6.07) is 4.57. The van der Waals surface area contributed by atoms with E-state index in [2.05, 4.69) is 0 Å². The van der Waals surface area contributed by atoms with Gasteiger partial charge in [-0.25, -0.2) is 8.78 Å².